The van der Waals surface area contributed by atoms with Crippen molar-refractivity contribution in [1.82, 2.24) is 0 Å². The summed E-state index contributed by atoms with van der Waals surface area (Å²) in [7, 11) is 0. The van der Waals surface area contributed by atoms with Crippen LogP contribution in [0.5, 0.6) is 0 Å². The number of aliphatic hydroxyl groups is 2. The molecule has 0 amide bonds. The van der Waals surface area contributed by atoms with Crippen LogP contribution in [0, 0.1) is 0 Å². The van der Waals surface area contributed by atoms with Gasteiger partial charge in [0.05, 0.1) is 6.42 Å². The van der Waals surface area contributed by atoms with E-state index in [1.807, 2.05) is 0 Å². The molecule has 0 aromatic rings. The van der Waals surface area contributed by atoms with Gasteiger partial charge in [-0.15, -0.1) is 0 Å². The first-order valence-corrected chi connectivity index (χ1v) is 3.59. The predicted octanol–water partition coefficient (Wildman–Crippen LogP) is -1.96. The van der Waals surface area contributed by atoms with Gasteiger partial charge in [0, 0.05) is 0 Å². The molecule has 2 bridgehead atoms. The molecule has 2 saturated heterocycles. The van der Waals surface area contributed by atoms with E-state index in [-0.39, 0.29) is 30.4 Å². The topological polar surface area (TPSA) is 104 Å². The lowest BCUT2D eigenvalue weighted by molar-refractivity contribution is -0.552. The zero-order valence-corrected chi connectivity index (χ0v) is 6.38. The lowest BCUT2D eigenvalue weighted by Crippen LogP contribution is -2.77. The summed E-state index contributed by atoms with van der Waals surface area (Å²) in [6.45, 7) is -0.277. The molecule has 1 saturated carbocycles. The maximum absolute atomic E-state index is 9.10. The molecule has 6 heteroatoms. The summed E-state index contributed by atoms with van der Waals surface area (Å²) >= 11 is 0. The molecule has 12 heavy (non-hydrogen) atoms. The van der Waals surface area contributed by atoms with Crippen LogP contribution in [-0.2, 0) is 9.25 Å². The van der Waals surface area contributed by atoms with Crippen LogP contribution in [0.4, 0.5) is 0 Å². The Morgan fingerprint density at radius 3 is 2.33 bits per heavy atom. The minimum absolute atomic E-state index is 0. The van der Waals surface area contributed by atoms with Crippen LogP contribution >= 0.6 is 0 Å². The van der Waals surface area contributed by atoms with Gasteiger partial charge in [0.2, 0.25) is 0 Å². The molecule has 3 aliphatic rings. The minimum Gasteiger partial charge on any atom is -0.412 e. The van der Waals surface area contributed by atoms with E-state index in [4.69, 9.17) is 15.5 Å². The van der Waals surface area contributed by atoms with Crippen LogP contribution in [0.3, 0.4) is 0 Å². The molecule has 3 fully saturated rings. The van der Waals surface area contributed by atoms with Crippen LogP contribution in [0.2, 0.25) is 0 Å². The molecular formula is C6H13O6+. The second-order valence-corrected chi connectivity index (χ2v) is 2.93. The Kier molecular flexibility index (Phi) is 2.67. The largest absolute Gasteiger partial charge is 0.412 e. The van der Waals surface area contributed by atoms with Gasteiger partial charge in [-0.25, -0.2) is 5.26 Å². The van der Waals surface area contributed by atoms with E-state index in [9.17, 15) is 0 Å². The molecule has 72 valence electrons. The first-order valence-electron chi connectivity index (χ1n) is 3.59. The summed E-state index contributed by atoms with van der Waals surface area (Å²) in [6.07, 6.45) is -0.133. The van der Waals surface area contributed by atoms with Crippen molar-refractivity contribution in [1.29, 1.82) is 0 Å². The van der Waals surface area contributed by atoms with E-state index in [0.717, 1.165) is 6.42 Å². The number of hydrogen-bond acceptors (Lipinski definition) is 4. The fourth-order valence-electron chi connectivity index (χ4n) is 1.67. The average molecular weight is 181 g/mol. The summed E-state index contributed by atoms with van der Waals surface area (Å²) in [6, 6.07) is 0. The number of aliphatic hydroxyl groups excluding tert-OH is 2. The molecule has 0 aromatic heterocycles. The van der Waals surface area contributed by atoms with E-state index in [1.54, 1.807) is 0 Å². The van der Waals surface area contributed by atoms with Gasteiger partial charge in [0.25, 0.3) is 0 Å². The van der Waals surface area contributed by atoms with E-state index in [2.05, 4.69) is 9.25 Å². The SMILES string of the molecule is O.OC[C@H](OO)[O+]1[C@@H]2C[C@@H]1C2O. The molecule has 0 spiro atoms. The minimum atomic E-state index is -0.734. The molecule has 0 unspecified atom stereocenters. The highest BCUT2D eigenvalue weighted by molar-refractivity contribution is 5.07. The second-order valence-electron chi connectivity index (χ2n) is 2.93. The zero-order valence-electron chi connectivity index (χ0n) is 6.38. The van der Waals surface area contributed by atoms with Crippen molar-refractivity contribution >= 4 is 0 Å². The Morgan fingerprint density at radius 2 is 2.08 bits per heavy atom. The zero-order chi connectivity index (χ0) is 8.01. The molecule has 0 aromatic carbocycles. The van der Waals surface area contributed by atoms with Gasteiger partial charge in [0.15, 0.2) is 18.3 Å². The van der Waals surface area contributed by atoms with Crippen molar-refractivity contribution in [3.8, 4) is 0 Å². The summed E-state index contributed by atoms with van der Waals surface area (Å²) in [5.41, 5.74) is 0. The normalized spacial score (nSPS) is 40.8. The summed E-state index contributed by atoms with van der Waals surface area (Å²) in [5, 5.41) is 26.0. The highest BCUT2D eigenvalue weighted by atomic mass is 17.2. The van der Waals surface area contributed by atoms with Gasteiger partial charge in [-0.1, -0.05) is 0 Å². The van der Waals surface area contributed by atoms with Gasteiger partial charge in [-0.2, -0.15) is 4.89 Å². The van der Waals surface area contributed by atoms with Gasteiger partial charge >= 0.3 is 6.29 Å². The van der Waals surface area contributed by atoms with Gasteiger partial charge < -0.3 is 20.1 Å². The number of rotatable bonds is 3. The molecule has 6 nitrogen and oxygen atoms in total. The molecule has 2 aliphatic heterocycles. The average Bonchev–Trinajstić information content (AvgIpc) is 1.95. The second kappa shape index (κ2) is 3.25. The Balaban J connectivity index is 0.000000720. The van der Waals surface area contributed by atoms with Crippen molar-refractivity contribution in [3.05, 3.63) is 0 Å². The van der Waals surface area contributed by atoms with E-state index < -0.39 is 6.29 Å². The van der Waals surface area contributed by atoms with Crippen LogP contribution in [0.25, 0.3) is 0 Å². The Morgan fingerprint density at radius 1 is 1.50 bits per heavy atom. The van der Waals surface area contributed by atoms with Crippen molar-refractivity contribution in [2.75, 3.05) is 6.61 Å². The van der Waals surface area contributed by atoms with Crippen molar-refractivity contribution in [2.24, 2.45) is 0 Å². The van der Waals surface area contributed by atoms with Gasteiger partial charge in [-0.05, 0) is 0 Å². The molecule has 1 aliphatic carbocycles. The van der Waals surface area contributed by atoms with Crippen molar-refractivity contribution in [3.63, 3.8) is 0 Å². The molecule has 3 atom stereocenters. The Hall–Kier alpha value is -0.240. The Bertz CT molecular complexity index is 148. The van der Waals surface area contributed by atoms with Gasteiger partial charge in [0.1, 0.15) is 6.61 Å². The quantitative estimate of drug-likeness (QED) is 0.267. The summed E-state index contributed by atoms with van der Waals surface area (Å²) in [5.74, 6) is 0. The third kappa shape index (κ3) is 0.972. The predicted molar refractivity (Wildman–Crippen MR) is 37.5 cm³/mol. The van der Waals surface area contributed by atoms with E-state index >= 15 is 0 Å². The fourth-order valence-corrected chi connectivity index (χ4v) is 1.67. The third-order valence-electron chi connectivity index (χ3n) is 2.50. The lowest BCUT2D eigenvalue weighted by atomic mass is 9.79. The van der Waals surface area contributed by atoms with Crippen molar-refractivity contribution in [2.45, 2.75) is 31.0 Å². The van der Waals surface area contributed by atoms with Crippen LogP contribution in [0.15, 0.2) is 0 Å². The van der Waals surface area contributed by atoms with Crippen LogP contribution in [-0.4, -0.2) is 52.2 Å². The molecule has 0 radical (unpaired) electrons. The Labute approximate surface area is 68.9 Å². The van der Waals surface area contributed by atoms with E-state index in [1.165, 1.54) is 0 Å². The van der Waals surface area contributed by atoms with Crippen LogP contribution < -0.4 is 0 Å². The van der Waals surface area contributed by atoms with Crippen molar-refractivity contribution < 1.29 is 30.2 Å². The summed E-state index contributed by atoms with van der Waals surface area (Å²) in [4.78, 5) is 3.98. The smallest absolute Gasteiger partial charge is 0.318 e. The summed E-state index contributed by atoms with van der Waals surface area (Å²) < 4.78 is 2.56. The maximum Gasteiger partial charge on any atom is 0.318 e. The first-order chi connectivity index (χ1) is 5.29. The monoisotopic (exact) mass is 181 g/mol. The maximum atomic E-state index is 9.10. The standard InChI is InChI=1S/C6H10O5.H2O/c7-2-5(10-9)11-3-1-4(11)6(3)8;/h3-8H,1-2H2;1H2/p+1/t3-,4-,5-;/m1./s1. The highest BCUT2D eigenvalue weighted by Gasteiger charge is 2.71. The number of hydrogen-bond donors (Lipinski definition) is 3. The van der Waals surface area contributed by atoms with Gasteiger partial charge in [-0.3, -0.25) is 0 Å². The fraction of sp³-hybridized carbons (Fsp3) is 1.00. The molecule has 3 rings (SSSR count). The molecule has 2 heterocycles. The van der Waals surface area contributed by atoms with E-state index in [0.29, 0.717) is 0 Å². The lowest BCUT2D eigenvalue weighted by Gasteiger charge is -2.58. The van der Waals surface area contributed by atoms with Crippen LogP contribution in [0.1, 0.15) is 6.42 Å². The third-order valence-corrected chi connectivity index (χ3v) is 2.50. The first kappa shape index (κ1) is 9.85. The molecule has 5 N–H and O–H groups in total. The molecular weight excluding hydrogens is 168 g/mol. The highest BCUT2D eigenvalue weighted by Crippen LogP contribution is 2.50.